The summed E-state index contributed by atoms with van der Waals surface area (Å²) in [4.78, 5) is 12.4. The van der Waals surface area contributed by atoms with E-state index in [1.54, 1.807) is 0 Å². The Morgan fingerprint density at radius 2 is 1.92 bits per heavy atom. The zero-order chi connectivity index (χ0) is 17.0. The van der Waals surface area contributed by atoms with E-state index in [0.717, 1.165) is 49.6 Å². The first-order valence-electron chi connectivity index (χ1n) is 10.1. The van der Waals surface area contributed by atoms with Crippen molar-refractivity contribution in [2.75, 3.05) is 49.1 Å². The van der Waals surface area contributed by atoms with Crippen molar-refractivity contribution in [1.29, 1.82) is 0 Å². The van der Waals surface area contributed by atoms with Crippen molar-refractivity contribution in [2.45, 2.75) is 45.2 Å². The van der Waals surface area contributed by atoms with Crippen LogP contribution < -0.4 is 14.5 Å². The summed E-state index contributed by atoms with van der Waals surface area (Å²) in [6, 6.07) is 3.29. The summed E-state index contributed by atoms with van der Waals surface area (Å²) < 4.78 is 6.16. The molecule has 0 radical (unpaired) electrons. The molecule has 0 spiro atoms. The summed E-state index contributed by atoms with van der Waals surface area (Å²) in [5.74, 6) is 3.86. The van der Waals surface area contributed by atoms with E-state index in [4.69, 9.17) is 9.72 Å². The number of anilines is 2. The molecule has 2 unspecified atom stereocenters. The summed E-state index contributed by atoms with van der Waals surface area (Å²) >= 11 is 0. The molecule has 136 valence electrons. The third-order valence-corrected chi connectivity index (χ3v) is 6.86. The van der Waals surface area contributed by atoms with Gasteiger partial charge in [0.05, 0.1) is 17.9 Å². The van der Waals surface area contributed by atoms with Gasteiger partial charge in [0.1, 0.15) is 6.61 Å². The number of nitrogens with zero attached hydrogens (tertiary/aromatic N) is 4. The molecule has 1 aromatic rings. The molecule has 4 aliphatic rings. The minimum Gasteiger partial charge on any atom is -0.487 e. The standard InChI is InChI=1S/C20H30N4O/c1-14(2)22-6-7-24-18(12-22)13-25-19-8-17(9-21-20(19)24)23-10-15-4-3-5-16(15)11-23/h8-9,14-16,18H,3-7,10-13H2,1-2H3/t15?,16?,18-/m0/s1. The number of ether oxygens (including phenoxy) is 1. The van der Waals surface area contributed by atoms with Crippen molar-refractivity contribution < 1.29 is 4.74 Å². The van der Waals surface area contributed by atoms with Gasteiger partial charge in [-0.05, 0) is 38.5 Å². The van der Waals surface area contributed by atoms with E-state index in [1.807, 2.05) is 0 Å². The molecule has 3 aliphatic heterocycles. The molecular formula is C20H30N4O. The number of hydrogen-bond donors (Lipinski definition) is 0. The van der Waals surface area contributed by atoms with E-state index < -0.39 is 0 Å². The summed E-state index contributed by atoms with van der Waals surface area (Å²) in [5.41, 5.74) is 1.26. The lowest BCUT2D eigenvalue weighted by Crippen LogP contribution is -2.58. The van der Waals surface area contributed by atoms with Crippen LogP contribution in [0.3, 0.4) is 0 Å². The number of fused-ring (bicyclic) bond motifs is 4. The van der Waals surface area contributed by atoms with Crippen LogP contribution in [0.1, 0.15) is 33.1 Å². The third kappa shape index (κ3) is 2.67. The highest BCUT2D eigenvalue weighted by atomic mass is 16.5. The fourth-order valence-electron chi connectivity index (χ4n) is 5.32. The van der Waals surface area contributed by atoms with Gasteiger partial charge in [-0.25, -0.2) is 4.98 Å². The van der Waals surface area contributed by atoms with Crippen LogP contribution >= 0.6 is 0 Å². The number of hydrogen-bond acceptors (Lipinski definition) is 5. The molecule has 25 heavy (non-hydrogen) atoms. The lowest BCUT2D eigenvalue weighted by atomic mass is 10.0. The van der Waals surface area contributed by atoms with Crippen LogP contribution in [0.2, 0.25) is 0 Å². The minimum atomic E-state index is 0.438. The van der Waals surface area contributed by atoms with E-state index in [9.17, 15) is 0 Å². The van der Waals surface area contributed by atoms with Crippen molar-refractivity contribution >= 4 is 11.5 Å². The first-order valence-corrected chi connectivity index (χ1v) is 10.1. The van der Waals surface area contributed by atoms with Crippen molar-refractivity contribution in [3.8, 4) is 5.75 Å². The van der Waals surface area contributed by atoms with Crippen molar-refractivity contribution in [2.24, 2.45) is 11.8 Å². The normalized spacial score (nSPS) is 31.7. The molecule has 5 heteroatoms. The molecule has 4 heterocycles. The Labute approximate surface area is 150 Å². The first kappa shape index (κ1) is 15.7. The lowest BCUT2D eigenvalue weighted by molar-refractivity contribution is 0.140. The molecule has 0 amide bonds. The van der Waals surface area contributed by atoms with Crippen LogP contribution in [0, 0.1) is 11.8 Å². The second-order valence-electron chi connectivity index (χ2n) is 8.62. The third-order valence-electron chi connectivity index (χ3n) is 6.86. The molecule has 1 aliphatic carbocycles. The van der Waals surface area contributed by atoms with Crippen LogP contribution in [0.25, 0.3) is 0 Å². The molecule has 0 bridgehead atoms. The van der Waals surface area contributed by atoms with Crippen LogP contribution in [-0.2, 0) is 0 Å². The predicted octanol–water partition coefficient (Wildman–Crippen LogP) is 2.61. The van der Waals surface area contributed by atoms with E-state index >= 15 is 0 Å². The Morgan fingerprint density at radius 1 is 1.12 bits per heavy atom. The number of pyridine rings is 1. The Bertz CT molecular complexity index is 637. The summed E-state index contributed by atoms with van der Waals surface area (Å²) in [6.45, 7) is 11.0. The van der Waals surface area contributed by atoms with Gasteiger partial charge in [0, 0.05) is 44.8 Å². The van der Waals surface area contributed by atoms with Crippen LogP contribution in [0.4, 0.5) is 11.5 Å². The van der Waals surface area contributed by atoms with Crippen molar-refractivity contribution in [3.05, 3.63) is 12.3 Å². The van der Waals surface area contributed by atoms with Crippen LogP contribution in [-0.4, -0.2) is 61.3 Å². The molecule has 5 nitrogen and oxygen atoms in total. The highest BCUT2D eigenvalue weighted by molar-refractivity contribution is 5.62. The maximum atomic E-state index is 6.16. The highest BCUT2D eigenvalue weighted by Crippen LogP contribution is 2.42. The Kier molecular flexibility index (Phi) is 3.81. The monoisotopic (exact) mass is 342 g/mol. The molecule has 2 saturated heterocycles. The predicted molar refractivity (Wildman–Crippen MR) is 101 cm³/mol. The van der Waals surface area contributed by atoms with Crippen LogP contribution in [0.15, 0.2) is 12.3 Å². The second-order valence-corrected chi connectivity index (χ2v) is 8.62. The van der Waals surface area contributed by atoms with Crippen molar-refractivity contribution in [1.82, 2.24) is 9.88 Å². The maximum absolute atomic E-state index is 6.16. The molecule has 3 fully saturated rings. The molecule has 0 N–H and O–H groups in total. The van der Waals surface area contributed by atoms with Gasteiger partial charge in [0.2, 0.25) is 0 Å². The molecule has 5 rings (SSSR count). The fraction of sp³-hybridized carbons (Fsp3) is 0.750. The van der Waals surface area contributed by atoms with Gasteiger partial charge >= 0.3 is 0 Å². The second kappa shape index (κ2) is 6.04. The van der Waals surface area contributed by atoms with Gasteiger partial charge in [0.25, 0.3) is 0 Å². The van der Waals surface area contributed by atoms with E-state index in [1.165, 1.54) is 38.0 Å². The number of rotatable bonds is 2. The Morgan fingerprint density at radius 3 is 2.68 bits per heavy atom. The summed E-state index contributed by atoms with van der Waals surface area (Å²) in [7, 11) is 0. The molecule has 1 saturated carbocycles. The summed E-state index contributed by atoms with van der Waals surface area (Å²) in [5, 5.41) is 0. The SMILES string of the molecule is CC(C)N1CCN2c3ncc(N4CC5CCCC5C4)cc3OC[C@@H]2C1. The lowest BCUT2D eigenvalue weighted by Gasteiger charge is -2.46. The smallest absolute Gasteiger partial charge is 0.171 e. The largest absolute Gasteiger partial charge is 0.487 e. The van der Waals surface area contributed by atoms with Crippen molar-refractivity contribution in [3.63, 3.8) is 0 Å². The number of aromatic nitrogens is 1. The van der Waals surface area contributed by atoms with Crippen LogP contribution in [0.5, 0.6) is 5.75 Å². The highest BCUT2D eigenvalue weighted by Gasteiger charge is 2.38. The topological polar surface area (TPSA) is 31.8 Å². The van der Waals surface area contributed by atoms with Gasteiger partial charge in [-0.15, -0.1) is 0 Å². The minimum absolute atomic E-state index is 0.438. The Balaban J connectivity index is 1.34. The fourth-order valence-corrected chi connectivity index (χ4v) is 5.32. The average molecular weight is 342 g/mol. The van der Waals surface area contributed by atoms with Gasteiger partial charge in [-0.1, -0.05) is 6.42 Å². The zero-order valence-corrected chi connectivity index (χ0v) is 15.5. The zero-order valence-electron chi connectivity index (χ0n) is 15.5. The molecular weight excluding hydrogens is 312 g/mol. The van der Waals surface area contributed by atoms with E-state index in [0.29, 0.717) is 12.1 Å². The quantitative estimate of drug-likeness (QED) is 0.825. The number of piperazine rings is 1. The Hall–Kier alpha value is -1.49. The first-order chi connectivity index (χ1) is 12.2. The van der Waals surface area contributed by atoms with Gasteiger partial charge < -0.3 is 14.5 Å². The molecule has 1 aromatic heterocycles. The van der Waals surface area contributed by atoms with Gasteiger partial charge in [-0.2, -0.15) is 0 Å². The van der Waals surface area contributed by atoms with E-state index in [-0.39, 0.29) is 0 Å². The molecule has 0 aromatic carbocycles. The van der Waals surface area contributed by atoms with Gasteiger partial charge in [0.15, 0.2) is 11.6 Å². The van der Waals surface area contributed by atoms with E-state index in [2.05, 4.69) is 40.8 Å². The maximum Gasteiger partial charge on any atom is 0.171 e. The van der Waals surface area contributed by atoms with Gasteiger partial charge in [-0.3, -0.25) is 4.90 Å². The summed E-state index contributed by atoms with van der Waals surface area (Å²) in [6.07, 6.45) is 6.34. The molecule has 3 atom stereocenters. The average Bonchev–Trinajstić information content (AvgIpc) is 3.22.